The van der Waals surface area contributed by atoms with Gasteiger partial charge in [-0.25, -0.2) is 4.39 Å². The second-order valence-electron chi connectivity index (χ2n) is 6.04. The number of nitrogens with one attached hydrogen (secondary N) is 1. The molecule has 1 amide bonds. The second kappa shape index (κ2) is 7.38. The van der Waals surface area contributed by atoms with Gasteiger partial charge in [0.05, 0.1) is 5.56 Å². The molecule has 0 aliphatic heterocycles. The van der Waals surface area contributed by atoms with E-state index in [-0.39, 0.29) is 11.5 Å². The highest BCUT2D eigenvalue weighted by Crippen LogP contribution is 2.24. The number of nitrogens with two attached hydrogens (primary N) is 1. The van der Waals surface area contributed by atoms with Crippen LogP contribution in [0, 0.1) is 25.6 Å². The van der Waals surface area contributed by atoms with Gasteiger partial charge in [-0.15, -0.1) is 0 Å². The molecule has 4 heteroatoms. The summed E-state index contributed by atoms with van der Waals surface area (Å²) in [5.41, 5.74) is 9.61. The predicted molar refractivity (Wildman–Crippen MR) is 91.9 cm³/mol. The number of rotatable bonds is 5. The van der Waals surface area contributed by atoms with Crippen LogP contribution in [0.1, 0.15) is 28.4 Å². The Kier molecular flexibility index (Phi) is 5.50. The Labute approximate surface area is 136 Å². The van der Waals surface area contributed by atoms with Crippen molar-refractivity contribution in [3.63, 3.8) is 0 Å². The van der Waals surface area contributed by atoms with Gasteiger partial charge < -0.3 is 11.1 Å². The van der Waals surface area contributed by atoms with Gasteiger partial charge in [-0.3, -0.25) is 4.79 Å². The zero-order valence-electron chi connectivity index (χ0n) is 13.8. The van der Waals surface area contributed by atoms with Gasteiger partial charge in [-0.1, -0.05) is 31.2 Å². The molecule has 3 N–H and O–H groups in total. The summed E-state index contributed by atoms with van der Waals surface area (Å²) in [6.45, 7) is 6.91. The number of carbonyl (C=O) groups excluding carboxylic acids is 1. The van der Waals surface area contributed by atoms with Crippen molar-refractivity contribution in [3.8, 4) is 11.1 Å². The van der Waals surface area contributed by atoms with Gasteiger partial charge in [-0.05, 0) is 60.7 Å². The highest BCUT2D eigenvalue weighted by atomic mass is 19.1. The number of hydrogen-bond donors (Lipinski definition) is 2. The first kappa shape index (κ1) is 17.2. The lowest BCUT2D eigenvalue weighted by atomic mass is 9.99. The Bertz CT molecular complexity index is 713. The lowest BCUT2D eigenvalue weighted by Gasteiger charge is -2.11. The molecule has 1 unspecified atom stereocenters. The molecular weight excluding hydrogens is 291 g/mol. The third-order valence-corrected chi connectivity index (χ3v) is 4.07. The summed E-state index contributed by atoms with van der Waals surface area (Å²) in [6.07, 6.45) is 0. The van der Waals surface area contributed by atoms with E-state index in [2.05, 4.69) is 5.32 Å². The Hall–Kier alpha value is -2.20. The maximum absolute atomic E-state index is 14.3. The first-order valence-electron chi connectivity index (χ1n) is 7.77. The molecule has 122 valence electrons. The smallest absolute Gasteiger partial charge is 0.254 e. The molecule has 0 spiro atoms. The van der Waals surface area contributed by atoms with Gasteiger partial charge in [0.15, 0.2) is 0 Å². The van der Waals surface area contributed by atoms with Crippen LogP contribution in [0.2, 0.25) is 0 Å². The fourth-order valence-corrected chi connectivity index (χ4v) is 2.25. The SMILES string of the molecule is Cc1ccc(-c2ccc(C(=O)NCC(C)CN)c(F)c2)cc1C. The van der Waals surface area contributed by atoms with Crippen molar-refractivity contribution >= 4 is 5.91 Å². The number of aryl methyl sites for hydroxylation is 2. The normalized spacial score (nSPS) is 12.0. The van der Waals surface area contributed by atoms with E-state index in [0.717, 1.165) is 16.7 Å². The summed E-state index contributed by atoms with van der Waals surface area (Å²) >= 11 is 0. The van der Waals surface area contributed by atoms with E-state index in [9.17, 15) is 9.18 Å². The molecule has 3 nitrogen and oxygen atoms in total. The summed E-state index contributed by atoms with van der Waals surface area (Å²) < 4.78 is 14.3. The van der Waals surface area contributed by atoms with Crippen molar-refractivity contribution in [3.05, 3.63) is 58.9 Å². The van der Waals surface area contributed by atoms with Crippen LogP contribution in [0.3, 0.4) is 0 Å². The molecule has 0 bridgehead atoms. The van der Waals surface area contributed by atoms with Crippen LogP contribution in [-0.4, -0.2) is 19.0 Å². The molecule has 2 aromatic carbocycles. The highest BCUT2D eigenvalue weighted by molar-refractivity contribution is 5.95. The monoisotopic (exact) mass is 314 g/mol. The molecule has 0 saturated carbocycles. The number of hydrogen-bond acceptors (Lipinski definition) is 2. The van der Waals surface area contributed by atoms with E-state index in [4.69, 9.17) is 5.73 Å². The van der Waals surface area contributed by atoms with Gasteiger partial charge >= 0.3 is 0 Å². The van der Waals surface area contributed by atoms with Gasteiger partial charge in [0.2, 0.25) is 0 Å². The van der Waals surface area contributed by atoms with Crippen molar-refractivity contribution in [1.82, 2.24) is 5.32 Å². The zero-order chi connectivity index (χ0) is 17.0. The van der Waals surface area contributed by atoms with Crippen molar-refractivity contribution in [2.24, 2.45) is 11.7 Å². The molecule has 0 radical (unpaired) electrons. The molecule has 0 aliphatic rings. The van der Waals surface area contributed by atoms with Gasteiger partial charge in [0.1, 0.15) is 5.82 Å². The van der Waals surface area contributed by atoms with E-state index < -0.39 is 11.7 Å². The molecule has 2 rings (SSSR count). The fraction of sp³-hybridized carbons (Fsp3) is 0.316. The Morgan fingerprint density at radius 2 is 1.78 bits per heavy atom. The lowest BCUT2D eigenvalue weighted by Crippen LogP contribution is -2.31. The average Bonchev–Trinajstić information content (AvgIpc) is 2.54. The van der Waals surface area contributed by atoms with Crippen molar-refractivity contribution in [2.45, 2.75) is 20.8 Å². The quantitative estimate of drug-likeness (QED) is 0.888. The molecule has 0 saturated heterocycles. The lowest BCUT2D eigenvalue weighted by molar-refractivity contribution is 0.0944. The predicted octanol–water partition coefficient (Wildman–Crippen LogP) is 3.43. The Morgan fingerprint density at radius 1 is 1.13 bits per heavy atom. The minimum Gasteiger partial charge on any atom is -0.352 e. The molecule has 0 fully saturated rings. The summed E-state index contributed by atoms with van der Waals surface area (Å²) in [6, 6.07) is 10.7. The van der Waals surface area contributed by atoms with Crippen LogP contribution in [-0.2, 0) is 0 Å². The van der Waals surface area contributed by atoms with E-state index in [0.29, 0.717) is 13.1 Å². The van der Waals surface area contributed by atoms with Crippen LogP contribution < -0.4 is 11.1 Å². The third-order valence-electron chi connectivity index (χ3n) is 4.07. The summed E-state index contributed by atoms with van der Waals surface area (Å²) in [5, 5.41) is 2.71. The Morgan fingerprint density at radius 3 is 2.39 bits per heavy atom. The van der Waals surface area contributed by atoms with Crippen LogP contribution in [0.4, 0.5) is 4.39 Å². The van der Waals surface area contributed by atoms with Gasteiger partial charge in [0.25, 0.3) is 5.91 Å². The van der Waals surface area contributed by atoms with Crippen LogP contribution in [0.25, 0.3) is 11.1 Å². The van der Waals surface area contributed by atoms with Crippen LogP contribution in [0.5, 0.6) is 0 Å². The van der Waals surface area contributed by atoms with Gasteiger partial charge in [-0.2, -0.15) is 0 Å². The van der Waals surface area contributed by atoms with Crippen molar-refractivity contribution in [1.29, 1.82) is 0 Å². The summed E-state index contributed by atoms with van der Waals surface area (Å²) in [5.74, 6) is -0.759. The largest absolute Gasteiger partial charge is 0.352 e. The molecule has 0 heterocycles. The number of carbonyl (C=O) groups is 1. The molecular formula is C19H23FN2O. The molecule has 1 atom stereocenters. The van der Waals surface area contributed by atoms with E-state index in [1.54, 1.807) is 6.07 Å². The maximum atomic E-state index is 14.3. The minimum absolute atomic E-state index is 0.0572. The number of halogens is 1. The van der Waals surface area contributed by atoms with Crippen LogP contribution >= 0.6 is 0 Å². The second-order valence-corrected chi connectivity index (χ2v) is 6.04. The minimum atomic E-state index is -0.515. The van der Waals surface area contributed by atoms with E-state index >= 15 is 0 Å². The van der Waals surface area contributed by atoms with Crippen molar-refractivity contribution < 1.29 is 9.18 Å². The van der Waals surface area contributed by atoms with Crippen LogP contribution in [0.15, 0.2) is 36.4 Å². The van der Waals surface area contributed by atoms with E-state index in [1.807, 2.05) is 39.0 Å². The first-order chi connectivity index (χ1) is 10.9. The standard InChI is InChI=1S/C19H23FN2O/c1-12(10-21)11-22-19(23)17-7-6-16(9-18(17)20)15-5-4-13(2)14(3)8-15/h4-9,12H,10-11,21H2,1-3H3,(H,22,23). The van der Waals surface area contributed by atoms with Crippen molar-refractivity contribution in [2.75, 3.05) is 13.1 Å². The summed E-state index contributed by atoms with van der Waals surface area (Å²) in [7, 11) is 0. The third kappa shape index (κ3) is 4.17. The number of amides is 1. The molecule has 0 aliphatic carbocycles. The number of benzene rings is 2. The molecule has 0 aromatic heterocycles. The average molecular weight is 314 g/mol. The maximum Gasteiger partial charge on any atom is 0.254 e. The molecule has 23 heavy (non-hydrogen) atoms. The summed E-state index contributed by atoms with van der Waals surface area (Å²) in [4.78, 5) is 12.0. The zero-order valence-corrected chi connectivity index (χ0v) is 13.8. The first-order valence-corrected chi connectivity index (χ1v) is 7.77. The fourth-order valence-electron chi connectivity index (χ4n) is 2.25. The molecule has 2 aromatic rings. The topological polar surface area (TPSA) is 55.1 Å². The Balaban J connectivity index is 2.20. The van der Waals surface area contributed by atoms with Gasteiger partial charge in [0, 0.05) is 6.54 Å². The highest BCUT2D eigenvalue weighted by Gasteiger charge is 2.13. The van der Waals surface area contributed by atoms with E-state index in [1.165, 1.54) is 17.7 Å².